The molecule has 1 saturated heterocycles. The van der Waals surface area contributed by atoms with E-state index in [1.165, 1.54) is 0 Å². The van der Waals surface area contributed by atoms with Crippen LogP contribution in [0.3, 0.4) is 0 Å². The Bertz CT molecular complexity index is 1090. The molecule has 1 aliphatic rings. The number of nitrogens with zero attached hydrogens (tertiary/aromatic N) is 4. The van der Waals surface area contributed by atoms with Gasteiger partial charge in [-0.25, -0.2) is 9.48 Å². The van der Waals surface area contributed by atoms with Crippen LogP contribution in [0.1, 0.15) is 11.4 Å². The van der Waals surface area contributed by atoms with Gasteiger partial charge in [0.15, 0.2) is 11.5 Å². The molecule has 0 aliphatic carbocycles. The van der Waals surface area contributed by atoms with Gasteiger partial charge in [0.2, 0.25) is 0 Å². The van der Waals surface area contributed by atoms with Crippen molar-refractivity contribution in [3.05, 3.63) is 59.9 Å². The summed E-state index contributed by atoms with van der Waals surface area (Å²) in [4.78, 5) is 17.0. The van der Waals surface area contributed by atoms with Crippen molar-refractivity contribution in [2.45, 2.75) is 13.8 Å². The molecule has 3 aromatic rings. The van der Waals surface area contributed by atoms with Crippen molar-refractivity contribution in [1.82, 2.24) is 14.7 Å². The Morgan fingerprint density at radius 3 is 2.31 bits per heavy atom. The minimum absolute atomic E-state index is 0.148. The van der Waals surface area contributed by atoms with Gasteiger partial charge in [0.1, 0.15) is 0 Å². The van der Waals surface area contributed by atoms with E-state index >= 15 is 0 Å². The molecule has 0 bridgehead atoms. The van der Waals surface area contributed by atoms with E-state index in [-0.39, 0.29) is 6.03 Å². The van der Waals surface area contributed by atoms with Crippen LogP contribution in [0.15, 0.2) is 48.5 Å². The number of nitrogens with one attached hydrogen (secondary N) is 1. The minimum atomic E-state index is -0.148. The molecular formula is C24H29N5O3. The van der Waals surface area contributed by atoms with Crippen LogP contribution in [0.25, 0.3) is 5.69 Å². The number of benzene rings is 2. The van der Waals surface area contributed by atoms with E-state index < -0.39 is 0 Å². The second-order valence-corrected chi connectivity index (χ2v) is 7.71. The van der Waals surface area contributed by atoms with Crippen molar-refractivity contribution in [2.24, 2.45) is 0 Å². The van der Waals surface area contributed by atoms with Gasteiger partial charge < -0.3 is 24.6 Å². The molecule has 32 heavy (non-hydrogen) atoms. The summed E-state index contributed by atoms with van der Waals surface area (Å²) in [5.41, 5.74) is 4.88. The van der Waals surface area contributed by atoms with E-state index in [9.17, 15) is 4.79 Å². The summed E-state index contributed by atoms with van der Waals surface area (Å²) in [5, 5.41) is 7.71. The van der Waals surface area contributed by atoms with Gasteiger partial charge in [0.05, 0.1) is 42.7 Å². The van der Waals surface area contributed by atoms with Gasteiger partial charge in [-0.05, 0) is 38.1 Å². The fraction of sp³-hybridized carbons (Fsp3) is 0.333. The average molecular weight is 436 g/mol. The zero-order valence-electron chi connectivity index (χ0n) is 19.0. The number of hydrogen-bond acceptors (Lipinski definition) is 5. The molecule has 1 N–H and O–H groups in total. The van der Waals surface area contributed by atoms with E-state index in [1.807, 2.05) is 40.8 Å². The number of hydrogen-bond donors (Lipinski definition) is 1. The lowest BCUT2D eigenvalue weighted by Crippen LogP contribution is -2.50. The fourth-order valence-corrected chi connectivity index (χ4v) is 4.23. The van der Waals surface area contributed by atoms with Crippen LogP contribution in [0, 0.1) is 13.8 Å². The van der Waals surface area contributed by atoms with Crippen molar-refractivity contribution in [1.29, 1.82) is 0 Å². The smallest absolute Gasteiger partial charge is 0.322 e. The number of para-hydroxylation sites is 2. The molecule has 0 unspecified atom stereocenters. The number of rotatable bonds is 5. The third-order valence-corrected chi connectivity index (χ3v) is 5.78. The number of amides is 2. The van der Waals surface area contributed by atoms with Gasteiger partial charge >= 0.3 is 6.03 Å². The number of piperazine rings is 1. The number of anilines is 2. The van der Waals surface area contributed by atoms with Crippen molar-refractivity contribution in [2.75, 3.05) is 50.6 Å². The maximum atomic E-state index is 12.9. The first-order valence-corrected chi connectivity index (χ1v) is 10.7. The lowest BCUT2D eigenvalue weighted by atomic mass is 10.2. The summed E-state index contributed by atoms with van der Waals surface area (Å²) in [6, 6.07) is 15.4. The number of aromatic nitrogens is 2. The van der Waals surface area contributed by atoms with E-state index in [0.717, 1.165) is 35.9 Å². The Morgan fingerprint density at radius 2 is 1.66 bits per heavy atom. The number of aryl methyl sites for hydroxylation is 1. The summed E-state index contributed by atoms with van der Waals surface area (Å²) < 4.78 is 12.7. The van der Waals surface area contributed by atoms with E-state index in [1.54, 1.807) is 26.4 Å². The highest BCUT2D eigenvalue weighted by molar-refractivity contribution is 5.91. The molecule has 0 spiro atoms. The molecule has 1 aliphatic heterocycles. The second-order valence-electron chi connectivity index (χ2n) is 7.71. The summed E-state index contributed by atoms with van der Waals surface area (Å²) in [6.07, 6.45) is 0. The van der Waals surface area contributed by atoms with Crippen molar-refractivity contribution in [3.8, 4) is 17.2 Å². The number of carbonyl (C=O) groups excluding carboxylic acids is 1. The Balaban J connectivity index is 1.44. The van der Waals surface area contributed by atoms with Crippen molar-refractivity contribution in [3.63, 3.8) is 0 Å². The molecule has 8 heteroatoms. The number of carbonyl (C=O) groups is 1. The molecule has 8 nitrogen and oxygen atoms in total. The van der Waals surface area contributed by atoms with Gasteiger partial charge in [0, 0.05) is 26.2 Å². The van der Waals surface area contributed by atoms with E-state index in [0.29, 0.717) is 30.3 Å². The third-order valence-electron chi connectivity index (χ3n) is 5.78. The highest BCUT2D eigenvalue weighted by atomic mass is 16.5. The minimum Gasteiger partial charge on any atom is -0.493 e. The molecule has 0 atom stereocenters. The lowest BCUT2D eigenvalue weighted by Gasteiger charge is -2.36. The largest absolute Gasteiger partial charge is 0.493 e. The second kappa shape index (κ2) is 9.21. The maximum Gasteiger partial charge on any atom is 0.322 e. The summed E-state index contributed by atoms with van der Waals surface area (Å²) in [5.74, 6) is 1.10. The normalized spacial score (nSPS) is 13.8. The van der Waals surface area contributed by atoms with Crippen molar-refractivity contribution >= 4 is 17.4 Å². The van der Waals surface area contributed by atoms with Crippen LogP contribution in [0.5, 0.6) is 11.5 Å². The Labute approximate surface area is 188 Å². The fourth-order valence-electron chi connectivity index (χ4n) is 4.23. The van der Waals surface area contributed by atoms with Crippen LogP contribution in [0.2, 0.25) is 0 Å². The third kappa shape index (κ3) is 4.08. The standard InChI is InChI=1S/C24H29N5O3/c1-17-22(18(2)29(26-17)19-9-6-5-7-10-19)27-13-15-28(16-14-27)24(30)25-20-11-8-12-21(31-3)23(20)32-4/h5-12H,13-16H2,1-4H3,(H,25,30). The van der Waals surface area contributed by atoms with Gasteiger partial charge in [0.25, 0.3) is 0 Å². The number of urea groups is 1. The predicted molar refractivity (Wildman–Crippen MR) is 125 cm³/mol. The molecule has 0 radical (unpaired) electrons. The highest BCUT2D eigenvalue weighted by Gasteiger charge is 2.26. The number of methoxy groups -OCH3 is 2. The van der Waals surface area contributed by atoms with E-state index in [4.69, 9.17) is 14.6 Å². The predicted octanol–water partition coefficient (Wildman–Crippen LogP) is 3.86. The Morgan fingerprint density at radius 1 is 0.938 bits per heavy atom. The number of ether oxygens (including phenoxy) is 2. The highest BCUT2D eigenvalue weighted by Crippen LogP contribution is 2.35. The summed E-state index contributed by atoms with van der Waals surface area (Å²) >= 11 is 0. The van der Waals surface area contributed by atoms with Gasteiger partial charge in [-0.2, -0.15) is 5.10 Å². The van der Waals surface area contributed by atoms with Gasteiger partial charge in [-0.1, -0.05) is 24.3 Å². The zero-order valence-corrected chi connectivity index (χ0v) is 19.0. The maximum absolute atomic E-state index is 12.9. The quantitative estimate of drug-likeness (QED) is 0.659. The summed E-state index contributed by atoms with van der Waals surface area (Å²) in [6.45, 7) is 6.85. The summed E-state index contributed by atoms with van der Waals surface area (Å²) in [7, 11) is 3.14. The first-order chi connectivity index (χ1) is 15.5. The van der Waals surface area contributed by atoms with Crippen molar-refractivity contribution < 1.29 is 14.3 Å². The van der Waals surface area contributed by atoms with Crippen LogP contribution in [-0.2, 0) is 0 Å². The SMILES string of the molecule is COc1cccc(NC(=O)N2CCN(c3c(C)nn(-c4ccccc4)c3C)CC2)c1OC. The molecule has 4 rings (SSSR count). The lowest BCUT2D eigenvalue weighted by molar-refractivity contribution is 0.208. The van der Waals surface area contributed by atoms with Gasteiger partial charge in [-0.3, -0.25) is 0 Å². The van der Waals surface area contributed by atoms with E-state index in [2.05, 4.69) is 29.3 Å². The first-order valence-electron chi connectivity index (χ1n) is 10.7. The molecule has 168 valence electrons. The molecule has 2 aromatic carbocycles. The van der Waals surface area contributed by atoms with Crippen LogP contribution in [-0.4, -0.2) is 61.1 Å². The molecule has 0 saturated carbocycles. The molecule has 1 fully saturated rings. The van der Waals surface area contributed by atoms with Crippen LogP contribution in [0.4, 0.5) is 16.2 Å². The monoisotopic (exact) mass is 435 g/mol. The Hall–Kier alpha value is -3.68. The first kappa shape index (κ1) is 21.5. The molecule has 2 amide bonds. The van der Waals surface area contributed by atoms with Crippen LogP contribution >= 0.6 is 0 Å². The molecule has 1 aromatic heterocycles. The topological polar surface area (TPSA) is 71.9 Å². The Kier molecular flexibility index (Phi) is 6.20. The molecule has 2 heterocycles. The molecular weight excluding hydrogens is 406 g/mol. The average Bonchev–Trinajstić information content (AvgIpc) is 3.13. The zero-order chi connectivity index (χ0) is 22.7. The van der Waals surface area contributed by atoms with Crippen LogP contribution < -0.4 is 19.7 Å². The van der Waals surface area contributed by atoms with Gasteiger partial charge in [-0.15, -0.1) is 0 Å².